The first kappa shape index (κ1) is 10.6. The lowest BCUT2D eigenvalue weighted by Crippen LogP contribution is -2.41. The smallest absolute Gasteiger partial charge is 0.374 e. The molecule has 18 heavy (non-hydrogen) atoms. The zero-order valence-corrected chi connectivity index (χ0v) is 9.37. The molecule has 1 N–H and O–H groups in total. The molecule has 0 bridgehead atoms. The van der Waals surface area contributed by atoms with Crippen LogP contribution in [0.15, 0.2) is 48.7 Å². The number of hydrogen-bond acceptors (Lipinski definition) is 5. The third kappa shape index (κ3) is 1.98. The van der Waals surface area contributed by atoms with Gasteiger partial charge in [-0.3, -0.25) is 0 Å². The van der Waals surface area contributed by atoms with Crippen LogP contribution in [0.25, 0.3) is 0 Å². The Bertz CT molecular complexity index is 571. The van der Waals surface area contributed by atoms with Crippen LogP contribution in [-0.4, -0.2) is 17.2 Å². The second-order valence-corrected chi connectivity index (χ2v) is 3.73. The quantitative estimate of drug-likeness (QED) is 0.643. The fraction of sp³-hybridized carbons (Fsp3) is 0.0769. The maximum atomic E-state index is 11.7. The fourth-order valence-corrected chi connectivity index (χ4v) is 1.65. The first-order valence-electron chi connectivity index (χ1n) is 5.48. The Kier molecular flexibility index (Phi) is 2.57. The van der Waals surface area contributed by atoms with Gasteiger partial charge in [0.15, 0.2) is 5.75 Å². The zero-order chi connectivity index (χ0) is 12.4. The summed E-state index contributed by atoms with van der Waals surface area (Å²) in [5.74, 6) is 0.383. The third-order valence-electron chi connectivity index (χ3n) is 2.47. The Morgan fingerprint density at radius 3 is 2.83 bits per heavy atom. The highest BCUT2D eigenvalue weighted by Gasteiger charge is 2.29. The van der Waals surface area contributed by atoms with Crippen molar-refractivity contribution in [1.29, 1.82) is 0 Å². The molecule has 0 radical (unpaired) electrons. The summed E-state index contributed by atoms with van der Waals surface area (Å²) in [4.78, 5) is 15.7. The molecule has 3 rings (SSSR count). The van der Waals surface area contributed by atoms with E-state index in [1.807, 2.05) is 12.1 Å². The second-order valence-electron chi connectivity index (χ2n) is 3.73. The molecule has 1 aromatic carbocycles. The first-order valence-corrected chi connectivity index (χ1v) is 5.48. The number of rotatable bonds is 2. The van der Waals surface area contributed by atoms with Gasteiger partial charge in [0, 0.05) is 12.3 Å². The summed E-state index contributed by atoms with van der Waals surface area (Å²) in [5, 5.41) is 2.96. The summed E-state index contributed by atoms with van der Waals surface area (Å²) in [5.41, 5.74) is 0.720. The molecule has 5 nitrogen and oxygen atoms in total. The van der Waals surface area contributed by atoms with E-state index in [2.05, 4.69) is 10.3 Å². The molecule has 2 aromatic rings. The molecule has 2 heterocycles. The van der Waals surface area contributed by atoms with E-state index < -0.39 is 12.2 Å². The van der Waals surface area contributed by atoms with E-state index in [0.717, 1.165) is 5.69 Å². The average Bonchev–Trinajstić information content (AvgIpc) is 2.41. The van der Waals surface area contributed by atoms with Crippen molar-refractivity contribution in [1.82, 2.24) is 4.98 Å². The van der Waals surface area contributed by atoms with Crippen LogP contribution in [-0.2, 0) is 4.79 Å². The van der Waals surface area contributed by atoms with E-state index in [1.54, 1.807) is 36.5 Å². The largest absolute Gasteiger partial charge is 0.442 e. The summed E-state index contributed by atoms with van der Waals surface area (Å²) in [6.07, 6.45) is 0.715. The van der Waals surface area contributed by atoms with Gasteiger partial charge < -0.3 is 14.8 Å². The number of carbonyl (C=O) groups is 1. The normalized spacial score (nSPS) is 17.3. The maximum Gasteiger partial charge on any atom is 0.374 e. The summed E-state index contributed by atoms with van der Waals surface area (Å²) in [6.45, 7) is 0. The van der Waals surface area contributed by atoms with Crippen molar-refractivity contribution in [2.75, 3.05) is 5.32 Å². The molecule has 0 fully saturated rings. The lowest BCUT2D eigenvalue weighted by molar-refractivity contribution is -0.141. The molecule has 1 aliphatic rings. The molecule has 0 aliphatic carbocycles. The number of nitrogens with zero attached hydrogens (tertiary/aromatic N) is 1. The van der Waals surface area contributed by atoms with Crippen LogP contribution in [0.3, 0.4) is 0 Å². The predicted octanol–water partition coefficient (Wildman–Crippen LogP) is 1.82. The van der Waals surface area contributed by atoms with Crippen molar-refractivity contribution in [3.05, 3.63) is 48.7 Å². The number of fused-ring (bicyclic) bond motifs is 1. The molecule has 90 valence electrons. The maximum absolute atomic E-state index is 11.7. The van der Waals surface area contributed by atoms with Gasteiger partial charge in [-0.2, -0.15) is 0 Å². The highest BCUT2D eigenvalue weighted by Crippen LogP contribution is 2.29. The van der Waals surface area contributed by atoms with E-state index in [9.17, 15) is 4.79 Å². The lowest BCUT2D eigenvalue weighted by Gasteiger charge is -2.25. The highest BCUT2D eigenvalue weighted by molar-refractivity contribution is 5.85. The van der Waals surface area contributed by atoms with Gasteiger partial charge in [-0.15, -0.1) is 0 Å². The summed E-state index contributed by atoms with van der Waals surface area (Å²) in [7, 11) is 0. The first-order chi connectivity index (χ1) is 8.83. The van der Waals surface area contributed by atoms with Gasteiger partial charge in [0.25, 0.3) is 6.23 Å². The molecule has 0 saturated carbocycles. The van der Waals surface area contributed by atoms with Crippen LogP contribution in [0, 0.1) is 0 Å². The predicted molar refractivity (Wildman–Crippen MR) is 64.4 cm³/mol. The van der Waals surface area contributed by atoms with Crippen molar-refractivity contribution in [2.45, 2.75) is 6.23 Å². The monoisotopic (exact) mass is 242 g/mol. The van der Waals surface area contributed by atoms with Crippen LogP contribution in [0.4, 0.5) is 5.69 Å². The van der Waals surface area contributed by atoms with Crippen molar-refractivity contribution >= 4 is 11.7 Å². The van der Waals surface area contributed by atoms with Crippen LogP contribution < -0.4 is 14.8 Å². The van der Waals surface area contributed by atoms with E-state index in [0.29, 0.717) is 11.6 Å². The molecule has 1 atom stereocenters. The van der Waals surface area contributed by atoms with Crippen molar-refractivity contribution in [3.8, 4) is 11.6 Å². The lowest BCUT2D eigenvalue weighted by atomic mass is 10.2. The molecule has 0 amide bonds. The van der Waals surface area contributed by atoms with E-state index in [4.69, 9.17) is 9.47 Å². The van der Waals surface area contributed by atoms with Gasteiger partial charge in [0.05, 0.1) is 5.69 Å². The molecule has 5 heteroatoms. The molecular formula is C13H10N2O3. The Morgan fingerprint density at radius 2 is 2.00 bits per heavy atom. The minimum Gasteiger partial charge on any atom is -0.442 e. The van der Waals surface area contributed by atoms with Crippen molar-refractivity contribution in [2.24, 2.45) is 0 Å². The summed E-state index contributed by atoms with van der Waals surface area (Å²) >= 11 is 0. The van der Waals surface area contributed by atoms with Crippen LogP contribution in [0.2, 0.25) is 0 Å². The number of ether oxygens (including phenoxy) is 2. The number of nitrogens with one attached hydrogen (secondary N) is 1. The topological polar surface area (TPSA) is 60.5 Å². The summed E-state index contributed by atoms with van der Waals surface area (Å²) < 4.78 is 10.6. The molecule has 1 aliphatic heterocycles. The number of pyridine rings is 1. The molecule has 1 aromatic heterocycles. The Hall–Kier alpha value is -2.56. The minimum absolute atomic E-state index is 0.367. The number of esters is 1. The van der Waals surface area contributed by atoms with Gasteiger partial charge in [-0.05, 0) is 18.2 Å². The Labute approximate surface area is 103 Å². The van der Waals surface area contributed by atoms with Gasteiger partial charge in [-0.1, -0.05) is 18.2 Å². The number of anilines is 1. The average molecular weight is 242 g/mol. The minimum atomic E-state index is -0.880. The zero-order valence-electron chi connectivity index (χ0n) is 9.37. The Balaban J connectivity index is 1.81. The SMILES string of the molecule is O=C1Oc2ccccc2NC1Oc1ccccn1. The van der Waals surface area contributed by atoms with E-state index in [1.165, 1.54) is 0 Å². The number of para-hydroxylation sites is 2. The number of benzene rings is 1. The van der Waals surface area contributed by atoms with Gasteiger partial charge >= 0.3 is 5.97 Å². The Morgan fingerprint density at radius 1 is 1.17 bits per heavy atom. The number of aromatic nitrogens is 1. The van der Waals surface area contributed by atoms with Crippen molar-refractivity contribution in [3.63, 3.8) is 0 Å². The fourth-order valence-electron chi connectivity index (χ4n) is 1.65. The number of carbonyl (C=O) groups excluding carboxylic acids is 1. The van der Waals surface area contributed by atoms with Gasteiger partial charge in [0.2, 0.25) is 5.88 Å². The summed E-state index contributed by atoms with van der Waals surface area (Å²) in [6, 6.07) is 12.4. The van der Waals surface area contributed by atoms with Gasteiger partial charge in [0.1, 0.15) is 0 Å². The highest BCUT2D eigenvalue weighted by atomic mass is 16.6. The van der Waals surface area contributed by atoms with Crippen LogP contribution in [0.5, 0.6) is 11.6 Å². The molecular weight excluding hydrogens is 232 g/mol. The van der Waals surface area contributed by atoms with E-state index in [-0.39, 0.29) is 0 Å². The second kappa shape index (κ2) is 4.37. The molecule has 0 saturated heterocycles. The van der Waals surface area contributed by atoms with Crippen molar-refractivity contribution < 1.29 is 14.3 Å². The van der Waals surface area contributed by atoms with Gasteiger partial charge in [-0.25, -0.2) is 9.78 Å². The molecule has 0 spiro atoms. The third-order valence-corrected chi connectivity index (χ3v) is 2.47. The van der Waals surface area contributed by atoms with Crippen LogP contribution >= 0.6 is 0 Å². The number of hydrogen-bond donors (Lipinski definition) is 1. The van der Waals surface area contributed by atoms with Crippen LogP contribution in [0.1, 0.15) is 0 Å². The molecule has 1 unspecified atom stereocenters. The van der Waals surface area contributed by atoms with E-state index >= 15 is 0 Å². The standard InChI is InChI=1S/C13H10N2O3/c16-13-12(18-11-7-3-4-8-14-11)15-9-5-1-2-6-10(9)17-13/h1-8,12,15H.